The first-order valence-electron chi connectivity index (χ1n) is 10.1. The van der Waals surface area contributed by atoms with E-state index < -0.39 is 0 Å². The van der Waals surface area contributed by atoms with Crippen LogP contribution in [0, 0.1) is 5.92 Å². The van der Waals surface area contributed by atoms with Crippen molar-refractivity contribution in [2.45, 2.75) is 44.1 Å². The summed E-state index contributed by atoms with van der Waals surface area (Å²) in [6, 6.07) is 14.4. The monoisotopic (exact) mass is 398 g/mol. The van der Waals surface area contributed by atoms with Crippen molar-refractivity contribution in [3.8, 4) is 5.75 Å². The second-order valence-corrected chi connectivity index (χ2v) is 8.35. The van der Waals surface area contributed by atoms with Gasteiger partial charge in [0.1, 0.15) is 12.4 Å². The zero-order valence-electron chi connectivity index (χ0n) is 16.0. The van der Waals surface area contributed by atoms with Gasteiger partial charge in [0.25, 0.3) is 0 Å². The molecular weight excluding hydrogens is 372 g/mol. The highest BCUT2D eigenvalue weighted by Gasteiger charge is 2.29. The molecule has 1 saturated carbocycles. The van der Waals surface area contributed by atoms with Crippen molar-refractivity contribution in [2.75, 3.05) is 13.2 Å². The van der Waals surface area contributed by atoms with Gasteiger partial charge in [-0.05, 0) is 73.1 Å². The van der Waals surface area contributed by atoms with Crippen molar-refractivity contribution in [1.29, 1.82) is 0 Å². The van der Waals surface area contributed by atoms with Gasteiger partial charge in [0, 0.05) is 22.9 Å². The van der Waals surface area contributed by atoms with E-state index in [0.29, 0.717) is 13.2 Å². The van der Waals surface area contributed by atoms with Crippen LogP contribution in [0.2, 0.25) is 5.02 Å². The summed E-state index contributed by atoms with van der Waals surface area (Å²) in [4.78, 5) is 11.7. The van der Waals surface area contributed by atoms with Gasteiger partial charge in [0.2, 0.25) is 5.91 Å². The summed E-state index contributed by atoms with van der Waals surface area (Å²) in [5, 5.41) is 3.69. The summed E-state index contributed by atoms with van der Waals surface area (Å²) < 4.78 is 5.90. The van der Waals surface area contributed by atoms with Crippen LogP contribution < -0.4 is 15.8 Å². The van der Waals surface area contributed by atoms with Crippen molar-refractivity contribution in [3.63, 3.8) is 0 Å². The van der Waals surface area contributed by atoms with Crippen molar-refractivity contribution < 1.29 is 9.53 Å². The van der Waals surface area contributed by atoms with Gasteiger partial charge in [-0.2, -0.15) is 0 Å². The van der Waals surface area contributed by atoms with E-state index in [-0.39, 0.29) is 23.8 Å². The molecule has 0 saturated heterocycles. The fourth-order valence-corrected chi connectivity index (χ4v) is 4.21. The Bertz CT molecular complexity index is 850. The SMILES string of the molecule is NC1CCc2ccc(OCCNC(=O)C3CC3)cc2C1Cc1cccc(Cl)c1. The molecule has 28 heavy (non-hydrogen) atoms. The normalized spacial score (nSPS) is 21.1. The smallest absolute Gasteiger partial charge is 0.223 e. The van der Waals surface area contributed by atoms with Crippen molar-refractivity contribution in [1.82, 2.24) is 5.32 Å². The molecule has 2 unspecified atom stereocenters. The molecule has 4 rings (SSSR count). The Morgan fingerprint density at radius 3 is 2.82 bits per heavy atom. The molecule has 1 fully saturated rings. The van der Waals surface area contributed by atoms with Gasteiger partial charge in [-0.1, -0.05) is 29.8 Å². The summed E-state index contributed by atoms with van der Waals surface area (Å²) in [6.07, 6.45) is 4.90. The molecule has 2 atom stereocenters. The molecule has 0 bridgehead atoms. The van der Waals surface area contributed by atoms with E-state index in [2.05, 4.69) is 23.5 Å². The predicted molar refractivity (Wildman–Crippen MR) is 112 cm³/mol. The maximum absolute atomic E-state index is 11.7. The molecule has 0 aliphatic heterocycles. The number of carbonyl (C=O) groups is 1. The molecule has 5 heteroatoms. The number of fused-ring (bicyclic) bond motifs is 1. The number of hydrogen-bond acceptors (Lipinski definition) is 3. The number of nitrogens with two attached hydrogens (primary N) is 1. The Balaban J connectivity index is 1.42. The lowest BCUT2D eigenvalue weighted by Crippen LogP contribution is -2.34. The number of amides is 1. The highest BCUT2D eigenvalue weighted by molar-refractivity contribution is 6.30. The first-order valence-corrected chi connectivity index (χ1v) is 10.5. The molecule has 3 N–H and O–H groups in total. The molecule has 0 heterocycles. The molecule has 0 radical (unpaired) electrons. The molecule has 2 aromatic rings. The highest BCUT2D eigenvalue weighted by atomic mass is 35.5. The van der Waals surface area contributed by atoms with E-state index >= 15 is 0 Å². The zero-order chi connectivity index (χ0) is 19.5. The number of carbonyl (C=O) groups excluding carboxylic acids is 1. The van der Waals surface area contributed by atoms with Gasteiger partial charge in [0.15, 0.2) is 0 Å². The first kappa shape index (κ1) is 19.3. The highest BCUT2D eigenvalue weighted by Crippen LogP contribution is 2.36. The summed E-state index contributed by atoms with van der Waals surface area (Å²) in [5.41, 5.74) is 10.3. The third kappa shape index (κ3) is 4.68. The Morgan fingerprint density at radius 1 is 1.18 bits per heavy atom. The Kier molecular flexibility index (Phi) is 5.88. The maximum atomic E-state index is 11.7. The van der Waals surface area contributed by atoms with E-state index in [9.17, 15) is 4.79 Å². The minimum absolute atomic E-state index is 0.125. The molecule has 0 spiro atoms. The fourth-order valence-electron chi connectivity index (χ4n) is 4.00. The Hall–Kier alpha value is -2.04. The fraction of sp³-hybridized carbons (Fsp3) is 0.435. The number of halogens is 1. The van der Waals surface area contributed by atoms with E-state index in [1.165, 1.54) is 16.7 Å². The number of benzene rings is 2. The largest absolute Gasteiger partial charge is 0.492 e. The summed E-state index contributed by atoms with van der Waals surface area (Å²) in [5.74, 6) is 1.48. The van der Waals surface area contributed by atoms with Crippen LogP contribution >= 0.6 is 11.6 Å². The van der Waals surface area contributed by atoms with Crippen molar-refractivity contribution in [2.24, 2.45) is 11.7 Å². The summed E-state index contributed by atoms with van der Waals surface area (Å²) >= 11 is 6.16. The predicted octanol–water partition coefficient (Wildman–Crippen LogP) is 3.84. The molecule has 4 nitrogen and oxygen atoms in total. The number of aryl methyl sites for hydroxylation is 1. The Labute approximate surface area is 171 Å². The van der Waals surface area contributed by atoms with Crippen LogP contribution in [-0.2, 0) is 17.6 Å². The zero-order valence-corrected chi connectivity index (χ0v) is 16.8. The van der Waals surface area contributed by atoms with Crippen LogP contribution in [0.25, 0.3) is 0 Å². The molecule has 2 aliphatic carbocycles. The molecule has 148 valence electrons. The molecule has 2 aliphatic rings. The van der Waals surface area contributed by atoms with Crippen molar-refractivity contribution in [3.05, 3.63) is 64.2 Å². The van der Waals surface area contributed by atoms with Gasteiger partial charge in [0.05, 0.1) is 6.54 Å². The van der Waals surface area contributed by atoms with E-state index in [1.54, 1.807) is 0 Å². The average Bonchev–Trinajstić information content (AvgIpc) is 3.53. The number of nitrogens with one attached hydrogen (secondary N) is 1. The molecule has 0 aromatic heterocycles. The average molecular weight is 399 g/mol. The summed E-state index contributed by atoms with van der Waals surface area (Å²) in [7, 11) is 0. The number of rotatable bonds is 7. The lowest BCUT2D eigenvalue weighted by atomic mass is 9.76. The first-order chi connectivity index (χ1) is 13.6. The third-order valence-electron chi connectivity index (χ3n) is 5.74. The maximum Gasteiger partial charge on any atom is 0.223 e. The molecule has 2 aromatic carbocycles. The molecule has 1 amide bonds. The third-order valence-corrected chi connectivity index (χ3v) is 5.98. The molecular formula is C23H27ClN2O2. The second kappa shape index (κ2) is 8.54. The van der Waals surface area contributed by atoms with E-state index in [0.717, 1.165) is 42.9 Å². The van der Waals surface area contributed by atoms with Crippen LogP contribution in [0.4, 0.5) is 0 Å². The van der Waals surface area contributed by atoms with Gasteiger partial charge in [-0.25, -0.2) is 0 Å². The minimum atomic E-state index is 0.125. The van der Waals surface area contributed by atoms with E-state index in [4.69, 9.17) is 22.1 Å². The minimum Gasteiger partial charge on any atom is -0.492 e. The number of ether oxygens (including phenoxy) is 1. The number of hydrogen-bond donors (Lipinski definition) is 2. The van der Waals surface area contributed by atoms with Crippen LogP contribution in [0.15, 0.2) is 42.5 Å². The van der Waals surface area contributed by atoms with Crippen molar-refractivity contribution >= 4 is 17.5 Å². The lowest BCUT2D eigenvalue weighted by molar-refractivity contribution is -0.122. The van der Waals surface area contributed by atoms with Gasteiger partial charge < -0.3 is 15.8 Å². The second-order valence-electron chi connectivity index (χ2n) is 7.92. The van der Waals surface area contributed by atoms with Crippen LogP contribution in [0.5, 0.6) is 5.75 Å². The summed E-state index contributed by atoms with van der Waals surface area (Å²) in [6.45, 7) is 1.01. The topological polar surface area (TPSA) is 64.3 Å². The van der Waals surface area contributed by atoms with Gasteiger partial charge >= 0.3 is 0 Å². The Morgan fingerprint density at radius 2 is 2.04 bits per heavy atom. The standard InChI is InChI=1S/C23H27ClN2O2/c24-18-3-1-2-15(12-18)13-21-20-14-19(8-6-16(20)7-9-22(21)25)28-11-10-26-23(27)17-4-5-17/h1-3,6,8,12,14,17,21-22H,4-5,7,9-11,13,25H2,(H,26,27). The van der Waals surface area contributed by atoms with Gasteiger partial charge in [-0.15, -0.1) is 0 Å². The van der Waals surface area contributed by atoms with E-state index in [1.807, 2.05) is 24.3 Å². The van der Waals surface area contributed by atoms with Crippen LogP contribution in [-0.4, -0.2) is 25.1 Å². The van der Waals surface area contributed by atoms with Crippen LogP contribution in [0.3, 0.4) is 0 Å². The van der Waals surface area contributed by atoms with Crippen LogP contribution in [0.1, 0.15) is 41.9 Å². The van der Waals surface area contributed by atoms with Gasteiger partial charge in [-0.3, -0.25) is 4.79 Å². The lowest BCUT2D eigenvalue weighted by Gasteiger charge is -2.32. The quantitative estimate of drug-likeness (QED) is 0.696.